The van der Waals surface area contributed by atoms with Gasteiger partial charge in [0.2, 0.25) is 0 Å². The Morgan fingerprint density at radius 1 is 1.36 bits per heavy atom. The highest BCUT2D eigenvalue weighted by atomic mass is 16.3. The summed E-state index contributed by atoms with van der Waals surface area (Å²) in [5, 5.41) is 18.9. The Morgan fingerprint density at radius 3 is 2.57 bits per heavy atom. The van der Waals surface area contributed by atoms with E-state index in [1.165, 1.54) is 6.07 Å². The molecular weight excluding hydrogens is 178 g/mol. The second-order valence-corrected chi connectivity index (χ2v) is 3.63. The van der Waals surface area contributed by atoms with Crippen LogP contribution in [0.3, 0.4) is 0 Å². The van der Waals surface area contributed by atoms with Gasteiger partial charge in [-0.2, -0.15) is 0 Å². The first-order valence-electron chi connectivity index (χ1n) is 4.84. The number of hydrogen-bond donors (Lipinski definition) is 3. The maximum atomic E-state index is 9.58. The minimum absolute atomic E-state index is 0.0969. The van der Waals surface area contributed by atoms with Gasteiger partial charge < -0.3 is 15.9 Å². The van der Waals surface area contributed by atoms with E-state index in [-0.39, 0.29) is 23.5 Å². The Hall–Kier alpha value is -1.22. The molecule has 78 valence electrons. The summed E-state index contributed by atoms with van der Waals surface area (Å²) in [6.07, 6.45) is 0.941. The van der Waals surface area contributed by atoms with E-state index in [1.807, 2.05) is 13.8 Å². The monoisotopic (exact) mass is 195 g/mol. The van der Waals surface area contributed by atoms with Crippen molar-refractivity contribution < 1.29 is 10.2 Å². The minimum atomic E-state index is -0.230. The van der Waals surface area contributed by atoms with Crippen LogP contribution in [0.25, 0.3) is 0 Å². The van der Waals surface area contributed by atoms with E-state index in [2.05, 4.69) is 0 Å². The van der Waals surface area contributed by atoms with E-state index in [4.69, 9.17) is 5.73 Å². The third-order valence-corrected chi connectivity index (χ3v) is 2.66. The Balaban J connectivity index is 3.01. The Bertz CT molecular complexity index is 312. The second kappa shape index (κ2) is 4.33. The van der Waals surface area contributed by atoms with E-state index < -0.39 is 0 Å². The summed E-state index contributed by atoms with van der Waals surface area (Å²) < 4.78 is 0. The SMILES string of the molecule is CCC(C)[C@H](N)c1cccc(O)c1O. The highest BCUT2D eigenvalue weighted by Gasteiger charge is 2.17. The summed E-state index contributed by atoms with van der Waals surface area (Å²) in [5.74, 6) is 0.0734. The first-order valence-corrected chi connectivity index (χ1v) is 4.84. The third-order valence-electron chi connectivity index (χ3n) is 2.66. The van der Waals surface area contributed by atoms with Crippen LogP contribution in [-0.2, 0) is 0 Å². The van der Waals surface area contributed by atoms with Crippen molar-refractivity contribution in [3.63, 3.8) is 0 Å². The first kappa shape index (κ1) is 10.9. The molecule has 0 radical (unpaired) electrons. The maximum Gasteiger partial charge on any atom is 0.162 e. The Labute approximate surface area is 84.2 Å². The number of rotatable bonds is 3. The highest BCUT2D eigenvalue weighted by Crippen LogP contribution is 2.34. The van der Waals surface area contributed by atoms with Gasteiger partial charge in [0.1, 0.15) is 0 Å². The van der Waals surface area contributed by atoms with Crippen molar-refractivity contribution in [1.82, 2.24) is 0 Å². The van der Waals surface area contributed by atoms with E-state index >= 15 is 0 Å². The molecule has 0 aliphatic carbocycles. The number of benzene rings is 1. The van der Waals surface area contributed by atoms with Gasteiger partial charge >= 0.3 is 0 Å². The molecule has 2 atom stereocenters. The lowest BCUT2D eigenvalue weighted by atomic mass is 9.92. The lowest BCUT2D eigenvalue weighted by Crippen LogP contribution is -2.18. The molecule has 0 spiro atoms. The molecule has 0 bridgehead atoms. The van der Waals surface area contributed by atoms with Crippen molar-refractivity contribution >= 4 is 0 Å². The molecule has 3 heteroatoms. The standard InChI is InChI=1S/C11H17NO2/c1-3-7(2)10(12)8-5-4-6-9(13)11(8)14/h4-7,10,13-14H,3,12H2,1-2H3/t7?,10-/m0/s1. The van der Waals surface area contributed by atoms with Crippen molar-refractivity contribution in [3.05, 3.63) is 23.8 Å². The zero-order valence-electron chi connectivity index (χ0n) is 8.57. The Kier molecular flexibility index (Phi) is 3.36. The number of nitrogens with two attached hydrogens (primary N) is 1. The van der Waals surface area contributed by atoms with Gasteiger partial charge in [0.25, 0.3) is 0 Å². The second-order valence-electron chi connectivity index (χ2n) is 3.63. The van der Waals surface area contributed by atoms with Gasteiger partial charge in [-0.15, -0.1) is 0 Å². The van der Waals surface area contributed by atoms with Crippen LogP contribution in [0, 0.1) is 5.92 Å². The van der Waals surface area contributed by atoms with Crippen LogP contribution >= 0.6 is 0 Å². The van der Waals surface area contributed by atoms with Gasteiger partial charge in [0.15, 0.2) is 11.5 Å². The molecule has 0 aliphatic heterocycles. The molecule has 1 unspecified atom stereocenters. The molecule has 1 aromatic carbocycles. The molecule has 0 aliphatic rings. The van der Waals surface area contributed by atoms with Crippen LogP contribution in [0.15, 0.2) is 18.2 Å². The molecule has 1 rings (SSSR count). The fourth-order valence-electron chi connectivity index (χ4n) is 1.38. The third kappa shape index (κ3) is 1.99. The summed E-state index contributed by atoms with van der Waals surface area (Å²) >= 11 is 0. The van der Waals surface area contributed by atoms with Crippen molar-refractivity contribution in [2.45, 2.75) is 26.3 Å². The van der Waals surface area contributed by atoms with Crippen molar-refractivity contribution in [1.29, 1.82) is 0 Å². The maximum absolute atomic E-state index is 9.58. The average molecular weight is 195 g/mol. The van der Waals surface area contributed by atoms with E-state index in [0.29, 0.717) is 5.56 Å². The number of hydrogen-bond acceptors (Lipinski definition) is 3. The van der Waals surface area contributed by atoms with Crippen LogP contribution in [0.5, 0.6) is 11.5 Å². The quantitative estimate of drug-likeness (QED) is 0.647. The lowest BCUT2D eigenvalue weighted by molar-refractivity contribution is 0.382. The minimum Gasteiger partial charge on any atom is -0.504 e. The molecule has 0 amide bonds. The number of phenols is 2. The fourth-order valence-corrected chi connectivity index (χ4v) is 1.38. The molecule has 0 heterocycles. The number of phenolic OH excluding ortho intramolecular Hbond substituents is 2. The Morgan fingerprint density at radius 2 is 2.00 bits per heavy atom. The first-order chi connectivity index (χ1) is 6.57. The van der Waals surface area contributed by atoms with Crippen LogP contribution in [0.1, 0.15) is 31.9 Å². The lowest BCUT2D eigenvalue weighted by Gasteiger charge is -2.19. The van der Waals surface area contributed by atoms with Crippen molar-refractivity contribution in [2.75, 3.05) is 0 Å². The molecule has 0 saturated heterocycles. The van der Waals surface area contributed by atoms with E-state index in [0.717, 1.165) is 6.42 Å². The van der Waals surface area contributed by atoms with E-state index in [1.54, 1.807) is 12.1 Å². The number of aromatic hydroxyl groups is 2. The van der Waals surface area contributed by atoms with Gasteiger partial charge in [0.05, 0.1) is 0 Å². The molecule has 3 nitrogen and oxygen atoms in total. The fraction of sp³-hybridized carbons (Fsp3) is 0.455. The summed E-state index contributed by atoms with van der Waals surface area (Å²) in [6.45, 7) is 4.07. The normalized spacial score (nSPS) is 15.1. The smallest absolute Gasteiger partial charge is 0.162 e. The summed E-state index contributed by atoms with van der Waals surface area (Å²) in [7, 11) is 0. The van der Waals surface area contributed by atoms with Gasteiger partial charge in [-0.1, -0.05) is 32.4 Å². The molecule has 4 N–H and O–H groups in total. The van der Waals surface area contributed by atoms with Gasteiger partial charge in [0, 0.05) is 11.6 Å². The van der Waals surface area contributed by atoms with Crippen molar-refractivity contribution in [2.24, 2.45) is 11.7 Å². The summed E-state index contributed by atoms with van der Waals surface area (Å²) in [6, 6.07) is 4.65. The average Bonchev–Trinajstić information content (AvgIpc) is 2.20. The molecule has 0 saturated carbocycles. The van der Waals surface area contributed by atoms with Gasteiger partial charge in [-0.25, -0.2) is 0 Å². The molecule has 0 aromatic heterocycles. The van der Waals surface area contributed by atoms with Crippen molar-refractivity contribution in [3.8, 4) is 11.5 Å². The van der Waals surface area contributed by atoms with Gasteiger partial charge in [-0.05, 0) is 12.0 Å². The molecular formula is C11H17NO2. The zero-order valence-corrected chi connectivity index (χ0v) is 8.57. The summed E-state index contributed by atoms with van der Waals surface area (Å²) in [5.41, 5.74) is 6.56. The molecule has 14 heavy (non-hydrogen) atoms. The predicted octanol–water partition coefficient (Wildman–Crippen LogP) is 2.14. The number of para-hydroxylation sites is 1. The van der Waals surface area contributed by atoms with Crippen LogP contribution in [0.2, 0.25) is 0 Å². The highest BCUT2D eigenvalue weighted by molar-refractivity contribution is 5.45. The summed E-state index contributed by atoms with van der Waals surface area (Å²) in [4.78, 5) is 0. The van der Waals surface area contributed by atoms with E-state index in [9.17, 15) is 10.2 Å². The van der Waals surface area contributed by atoms with Gasteiger partial charge in [-0.3, -0.25) is 0 Å². The zero-order chi connectivity index (χ0) is 10.7. The van der Waals surface area contributed by atoms with Crippen LogP contribution in [-0.4, -0.2) is 10.2 Å². The molecule has 1 aromatic rings. The van der Waals surface area contributed by atoms with Crippen LogP contribution in [0.4, 0.5) is 0 Å². The van der Waals surface area contributed by atoms with Crippen LogP contribution < -0.4 is 5.73 Å². The largest absolute Gasteiger partial charge is 0.504 e. The topological polar surface area (TPSA) is 66.5 Å². The molecule has 0 fully saturated rings. The predicted molar refractivity (Wildman–Crippen MR) is 56.2 cm³/mol.